The maximum Gasteiger partial charge on any atom is 0.271 e. The van der Waals surface area contributed by atoms with Crippen LogP contribution in [0.25, 0.3) is 10.9 Å². The number of rotatable bonds is 5. The van der Waals surface area contributed by atoms with E-state index in [9.17, 15) is 9.59 Å². The minimum absolute atomic E-state index is 0.1000. The number of nitrogens with zero attached hydrogens (tertiary/aromatic N) is 3. The highest BCUT2D eigenvalue weighted by atomic mass is 16.5. The fourth-order valence-corrected chi connectivity index (χ4v) is 4.99. The second-order valence-electron chi connectivity index (χ2n) is 9.02. The first-order valence-electron chi connectivity index (χ1n) is 11.2. The lowest BCUT2D eigenvalue weighted by atomic mass is 9.93. The van der Waals surface area contributed by atoms with Crippen molar-refractivity contribution in [1.29, 1.82) is 0 Å². The summed E-state index contributed by atoms with van der Waals surface area (Å²) in [4.78, 5) is 33.3. The zero-order valence-corrected chi connectivity index (χ0v) is 18.5. The van der Waals surface area contributed by atoms with Gasteiger partial charge in [-0.1, -0.05) is 18.9 Å². The summed E-state index contributed by atoms with van der Waals surface area (Å²) in [7, 11) is 1.63. The first-order chi connectivity index (χ1) is 15.5. The molecule has 0 unspecified atom stereocenters. The van der Waals surface area contributed by atoms with Gasteiger partial charge in [-0.25, -0.2) is 0 Å². The molecule has 2 aliphatic rings. The van der Waals surface area contributed by atoms with Crippen molar-refractivity contribution in [2.75, 3.05) is 7.11 Å². The number of hydrogen-bond donors (Lipinski definition) is 1. The van der Waals surface area contributed by atoms with Crippen molar-refractivity contribution in [3.8, 4) is 5.75 Å². The van der Waals surface area contributed by atoms with E-state index >= 15 is 0 Å². The van der Waals surface area contributed by atoms with Gasteiger partial charge in [-0.3, -0.25) is 14.6 Å². The van der Waals surface area contributed by atoms with Crippen LogP contribution in [0.2, 0.25) is 0 Å². The Hall–Kier alpha value is -3.35. The van der Waals surface area contributed by atoms with Crippen LogP contribution in [0.5, 0.6) is 5.75 Å². The number of hydrogen-bond acceptors (Lipinski definition) is 4. The molecule has 3 aromatic rings. The minimum Gasteiger partial charge on any atom is -0.497 e. The molecule has 2 aromatic heterocycles. The Morgan fingerprint density at radius 2 is 2.06 bits per heavy atom. The van der Waals surface area contributed by atoms with E-state index in [-0.39, 0.29) is 17.9 Å². The largest absolute Gasteiger partial charge is 0.497 e. The molecule has 1 N–H and O–H groups in total. The van der Waals surface area contributed by atoms with Crippen molar-refractivity contribution in [1.82, 2.24) is 19.8 Å². The zero-order valence-electron chi connectivity index (χ0n) is 18.5. The van der Waals surface area contributed by atoms with E-state index in [0.717, 1.165) is 47.9 Å². The van der Waals surface area contributed by atoms with Crippen LogP contribution in [-0.4, -0.2) is 45.0 Å². The molecule has 3 heterocycles. The number of benzene rings is 1. The summed E-state index contributed by atoms with van der Waals surface area (Å²) in [5.41, 5.74) is 1.35. The molecule has 166 valence electrons. The molecule has 5 rings (SSSR count). The molecular formula is C25H28N4O3. The monoisotopic (exact) mass is 432 g/mol. The van der Waals surface area contributed by atoms with Crippen molar-refractivity contribution in [2.24, 2.45) is 0 Å². The van der Waals surface area contributed by atoms with E-state index < -0.39 is 5.54 Å². The third-order valence-electron chi connectivity index (χ3n) is 6.88. The van der Waals surface area contributed by atoms with E-state index in [0.29, 0.717) is 18.8 Å². The van der Waals surface area contributed by atoms with Crippen molar-refractivity contribution >= 4 is 22.7 Å². The Bertz CT molecular complexity index is 1170. The van der Waals surface area contributed by atoms with Crippen molar-refractivity contribution in [3.05, 3.63) is 60.0 Å². The fourth-order valence-electron chi connectivity index (χ4n) is 4.99. The van der Waals surface area contributed by atoms with Crippen LogP contribution in [-0.2, 0) is 17.9 Å². The zero-order chi connectivity index (χ0) is 22.3. The average Bonchev–Trinajstić information content (AvgIpc) is 3.45. The van der Waals surface area contributed by atoms with Gasteiger partial charge in [0.1, 0.15) is 17.0 Å². The van der Waals surface area contributed by atoms with Gasteiger partial charge < -0.3 is 19.5 Å². The van der Waals surface area contributed by atoms with Crippen LogP contribution < -0.4 is 10.1 Å². The van der Waals surface area contributed by atoms with Crippen LogP contribution in [0.1, 0.15) is 48.7 Å². The van der Waals surface area contributed by atoms with Crippen molar-refractivity contribution in [3.63, 3.8) is 0 Å². The number of amides is 2. The van der Waals surface area contributed by atoms with Gasteiger partial charge in [0.25, 0.3) is 5.91 Å². The second kappa shape index (κ2) is 7.97. The molecular weight excluding hydrogens is 404 g/mol. The molecule has 1 fully saturated rings. The summed E-state index contributed by atoms with van der Waals surface area (Å²) in [5.74, 6) is 0.470. The first kappa shape index (κ1) is 20.5. The van der Waals surface area contributed by atoms with E-state index in [2.05, 4.69) is 10.3 Å². The molecule has 32 heavy (non-hydrogen) atoms. The Morgan fingerprint density at radius 3 is 2.78 bits per heavy atom. The molecule has 1 aliphatic heterocycles. The SMILES string of the molecule is COc1ccc2cc3n(c2c1)C[C@](C)(C(=O)NC1CCCC1)N(Cc1cccnc1)C3=O. The normalized spacial score (nSPS) is 21.1. The highest BCUT2D eigenvalue weighted by molar-refractivity contribution is 6.03. The van der Waals surface area contributed by atoms with E-state index in [1.807, 2.05) is 47.9 Å². The lowest BCUT2D eigenvalue weighted by molar-refractivity contribution is -0.133. The smallest absolute Gasteiger partial charge is 0.271 e. The summed E-state index contributed by atoms with van der Waals surface area (Å²) in [5, 5.41) is 4.19. The number of carbonyl (C=O) groups is 2. The highest BCUT2D eigenvalue weighted by Crippen LogP contribution is 2.35. The molecule has 1 aromatic carbocycles. The van der Waals surface area contributed by atoms with E-state index in [1.54, 1.807) is 24.4 Å². The Balaban J connectivity index is 1.58. The maximum atomic E-state index is 13.8. The van der Waals surface area contributed by atoms with Gasteiger partial charge in [0, 0.05) is 36.4 Å². The van der Waals surface area contributed by atoms with Crippen LogP contribution in [0.15, 0.2) is 48.8 Å². The van der Waals surface area contributed by atoms with Crippen molar-refractivity contribution < 1.29 is 14.3 Å². The van der Waals surface area contributed by atoms with Crippen LogP contribution in [0.4, 0.5) is 0 Å². The predicted molar refractivity (Wildman–Crippen MR) is 121 cm³/mol. The Kier molecular flexibility index (Phi) is 5.12. The van der Waals surface area contributed by atoms with Crippen molar-refractivity contribution in [2.45, 2.75) is 57.3 Å². The molecule has 1 atom stereocenters. The standard InChI is InChI=1S/C25H28N4O3/c1-25(24(31)27-19-7-3-4-8-19)16-28-21-13-20(32-2)10-9-18(21)12-22(28)23(30)29(25)15-17-6-5-11-26-14-17/h5-6,9-14,19H,3-4,7-8,15-16H2,1-2H3,(H,27,31)/t25-/m1/s1. The lowest BCUT2D eigenvalue weighted by Crippen LogP contribution is -2.64. The number of nitrogens with one attached hydrogen (secondary N) is 1. The number of fused-ring (bicyclic) bond motifs is 3. The summed E-state index contributed by atoms with van der Waals surface area (Å²) in [6.45, 7) is 2.58. The fraction of sp³-hybridized carbons (Fsp3) is 0.400. The minimum atomic E-state index is -1.03. The van der Waals surface area contributed by atoms with Gasteiger partial charge in [-0.15, -0.1) is 0 Å². The van der Waals surface area contributed by atoms with Crippen LogP contribution >= 0.6 is 0 Å². The molecule has 0 radical (unpaired) electrons. The molecule has 2 amide bonds. The van der Waals surface area contributed by atoms with Gasteiger partial charge in [0.2, 0.25) is 5.91 Å². The summed E-state index contributed by atoms with van der Waals surface area (Å²) in [6, 6.07) is 11.6. The van der Waals surface area contributed by atoms with Crippen LogP contribution in [0, 0.1) is 0 Å². The van der Waals surface area contributed by atoms with Gasteiger partial charge in [0.05, 0.1) is 19.2 Å². The molecule has 0 bridgehead atoms. The van der Waals surface area contributed by atoms with E-state index in [1.165, 1.54) is 0 Å². The molecule has 1 aliphatic carbocycles. The van der Waals surface area contributed by atoms with Gasteiger partial charge in [-0.05, 0) is 49.6 Å². The molecule has 7 nitrogen and oxygen atoms in total. The number of ether oxygens (including phenoxy) is 1. The average molecular weight is 433 g/mol. The molecule has 1 saturated carbocycles. The van der Waals surface area contributed by atoms with Gasteiger partial charge in [0.15, 0.2) is 0 Å². The van der Waals surface area contributed by atoms with Crippen LogP contribution in [0.3, 0.4) is 0 Å². The topological polar surface area (TPSA) is 76.5 Å². The third kappa shape index (κ3) is 3.42. The Morgan fingerprint density at radius 1 is 1.25 bits per heavy atom. The number of aromatic nitrogens is 2. The van der Waals surface area contributed by atoms with E-state index in [4.69, 9.17) is 4.74 Å². The molecule has 0 spiro atoms. The summed E-state index contributed by atoms with van der Waals surface area (Å²) in [6.07, 6.45) is 7.70. The molecule has 0 saturated heterocycles. The number of pyridine rings is 1. The lowest BCUT2D eigenvalue weighted by Gasteiger charge is -2.44. The highest BCUT2D eigenvalue weighted by Gasteiger charge is 2.48. The maximum absolute atomic E-state index is 13.8. The third-order valence-corrected chi connectivity index (χ3v) is 6.88. The second-order valence-corrected chi connectivity index (χ2v) is 9.02. The Labute approximate surface area is 187 Å². The van der Waals surface area contributed by atoms with Gasteiger partial charge >= 0.3 is 0 Å². The summed E-state index contributed by atoms with van der Waals surface area (Å²) < 4.78 is 7.37. The first-order valence-corrected chi connectivity index (χ1v) is 11.2. The quantitative estimate of drug-likeness (QED) is 0.669. The summed E-state index contributed by atoms with van der Waals surface area (Å²) >= 11 is 0. The molecule has 7 heteroatoms. The number of methoxy groups -OCH3 is 1. The van der Waals surface area contributed by atoms with Gasteiger partial charge in [-0.2, -0.15) is 0 Å². The predicted octanol–water partition coefficient (Wildman–Crippen LogP) is 3.52. The number of carbonyl (C=O) groups excluding carboxylic acids is 2.